The molecule has 1 aliphatic rings. The topological polar surface area (TPSA) is 104 Å². The van der Waals surface area contributed by atoms with E-state index < -0.39 is 22.6 Å². The first-order valence-corrected chi connectivity index (χ1v) is 12.1. The lowest BCUT2D eigenvalue weighted by atomic mass is 10.1. The Morgan fingerprint density at radius 2 is 2.03 bits per heavy atom. The highest BCUT2D eigenvalue weighted by atomic mass is 32.2. The molecular weight excluding hydrogens is 428 g/mol. The van der Waals surface area contributed by atoms with E-state index in [1.165, 1.54) is 11.4 Å². The number of aromatic nitrogens is 1. The van der Waals surface area contributed by atoms with Gasteiger partial charge in [-0.15, -0.1) is 11.3 Å². The molecule has 0 amide bonds. The van der Waals surface area contributed by atoms with Crippen molar-refractivity contribution in [2.24, 2.45) is 0 Å². The lowest BCUT2D eigenvalue weighted by Crippen LogP contribution is -2.27. The van der Waals surface area contributed by atoms with E-state index in [-0.39, 0.29) is 21.6 Å². The van der Waals surface area contributed by atoms with E-state index in [0.29, 0.717) is 12.2 Å². The van der Waals surface area contributed by atoms with Gasteiger partial charge in [-0.05, 0) is 50.6 Å². The molecule has 8 nitrogen and oxygen atoms in total. The molecule has 2 aromatic rings. The number of rotatable bonds is 11. The van der Waals surface area contributed by atoms with E-state index >= 15 is 0 Å². The minimum Gasteiger partial charge on any atom is -0.453 e. The third kappa shape index (κ3) is 5.18. The number of methoxy groups -OCH3 is 1. The molecule has 1 saturated carbocycles. The number of ketones is 1. The first-order chi connectivity index (χ1) is 14.2. The first kappa shape index (κ1) is 22.7. The molecule has 0 aliphatic heterocycles. The molecule has 30 heavy (non-hydrogen) atoms. The van der Waals surface area contributed by atoms with E-state index in [1.54, 1.807) is 13.2 Å². The van der Waals surface area contributed by atoms with Crippen LogP contribution < -0.4 is 4.72 Å². The lowest BCUT2D eigenvalue weighted by Gasteiger charge is -2.09. The fourth-order valence-electron chi connectivity index (χ4n) is 3.21. The highest BCUT2D eigenvalue weighted by Crippen LogP contribution is 2.27. The zero-order chi connectivity index (χ0) is 21.9. The van der Waals surface area contributed by atoms with Crippen LogP contribution in [0.5, 0.6) is 0 Å². The second kappa shape index (κ2) is 9.42. The second-order valence-electron chi connectivity index (χ2n) is 7.29. The lowest BCUT2D eigenvalue weighted by molar-refractivity contribution is 0.0476. The third-order valence-corrected chi connectivity index (χ3v) is 7.53. The van der Waals surface area contributed by atoms with Crippen LogP contribution in [0.2, 0.25) is 0 Å². The summed E-state index contributed by atoms with van der Waals surface area (Å²) in [5.74, 6) is -1.14. The summed E-state index contributed by atoms with van der Waals surface area (Å²) in [7, 11) is -2.14. The summed E-state index contributed by atoms with van der Waals surface area (Å²) < 4.78 is 39.7. The summed E-state index contributed by atoms with van der Waals surface area (Å²) in [5, 5.41) is 1.52. The first-order valence-electron chi connectivity index (χ1n) is 9.70. The maximum atomic E-state index is 12.6. The van der Waals surface area contributed by atoms with E-state index in [2.05, 4.69) is 4.72 Å². The number of hydrogen-bond acceptors (Lipinski definition) is 7. The van der Waals surface area contributed by atoms with Gasteiger partial charge in [0.05, 0.1) is 0 Å². The predicted octanol–water partition coefficient (Wildman–Crippen LogP) is 2.68. The number of carbonyl (C=O) groups excluding carboxylic acids is 2. The van der Waals surface area contributed by atoms with Crippen molar-refractivity contribution in [1.82, 2.24) is 9.29 Å². The molecule has 2 aromatic heterocycles. The monoisotopic (exact) mass is 454 g/mol. The van der Waals surface area contributed by atoms with Crippen molar-refractivity contribution >= 4 is 33.1 Å². The molecule has 0 atom stereocenters. The van der Waals surface area contributed by atoms with Gasteiger partial charge in [-0.2, -0.15) is 0 Å². The third-order valence-electron chi connectivity index (χ3n) is 4.94. The van der Waals surface area contributed by atoms with Gasteiger partial charge < -0.3 is 14.0 Å². The van der Waals surface area contributed by atoms with Gasteiger partial charge in [-0.25, -0.2) is 17.9 Å². The molecule has 164 valence electrons. The Bertz CT molecular complexity index is 1030. The Hall–Kier alpha value is -2.01. The predicted molar refractivity (Wildman–Crippen MR) is 113 cm³/mol. The highest BCUT2D eigenvalue weighted by molar-refractivity contribution is 7.89. The minimum atomic E-state index is -3.78. The van der Waals surface area contributed by atoms with Gasteiger partial charge in [0.15, 0.2) is 6.61 Å². The second-order valence-corrected chi connectivity index (χ2v) is 9.89. The van der Waals surface area contributed by atoms with Crippen LogP contribution in [0, 0.1) is 13.8 Å². The zero-order valence-corrected chi connectivity index (χ0v) is 18.9. The normalized spacial score (nSPS) is 14.1. The number of nitrogens with zero attached hydrogens (tertiary/aromatic N) is 1. The molecule has 0 spiro atoms. The number of aryl methyl sites for hydroxylation is 1. The summed E-state index contributed by atoms with van der Waals surface area (Å²) in [6.45, 7) is 4.66. The Morgan fingerprint density at radius 3 is 2.70 bits per heavy atom. The average Bonchev–Trinajstić information content (AvgIpc) is 3.25. The average molecular weight is 455 g/mol. The Labute approximate surface area is 180 Å². The van der Waals surface area contributed by atoms with Crippen LogP contribution in [0.15, 0.2) is 22.4 Å². The van der Waals surface area contributed by atoms with Crippen LogP contribution in [-0.2, 0) is 26.0 Å². The highest BCUT2D eigenvalue weighted by Gasteiger charge is 2.32. The van der Waals surface area contributed by atoms with Gasteiger partial charge in [0.2, 0.25) is 15.8 Å². The Balaban J connectivity index is 1.65. The zero-order valence-electron chi connectivity index (χ0n) is 17.3. The number of ether oxygens (including phenoxy) is 2. The fourth-order valence-corrected chi connectivity index (χ4v) is 5.83. The maximum Gasteiger partial charge on any atom is 0.350 e. The quantitative estimate of drug-likeness (QED) is 0.318. The van der Waals surface area contributed by atoms with Gasteiger partial charge >= 0.3 is 5.97 Å². The molecule has 0 bridgehead atoms. The molecule has 2 heterocycles. The van der Waals surface area contributed by atoms with Crippen LogP contribution in [0.3, 0.4) is 0 Å². The SMILES string of the molecule is COCCCn1c(C)cc(C(=O)COC(=O)c2sccc2S(=O)(=O)NC2CC2)c1C. The summed E-state index contributed by atoms with van der Waals surface area (Å²) in [6.07, 6.45) is 2.41. The van der Waals surface area contributed by atoms with Gasteiger partial charge in [0.25, 0.3) is 0 Å². The number of esters is 1. The van der Waals surface area contributed by atoms with Crippen LogP contribution in [0.4, 0.5) is 0 Å². The minimum absolute atomic E-state index is 0.0269. The molecule has 0 saturated heterocycles. The molecule has 10 heteroatoms. The molecule has 0 radical (unpaired) electrons. The van der Waals surface area contributed by atoms with Crippen molar-refractivity contribution in [1.29, 1.82) is 0 Å². The summed E-state index contributed by atoms with van der Waals surface area (Å²) >= 11 is 0.979. The largest absolute Gasteiger partial charge is 0.453 e. The van der Waals surface area contributed by atoms with Crippen LogP contribution >= 0.6 is 11.3 Å². The summed E-state index contributed by atoms with van der Waals surface area (Å²) in [4.78, 5) is 25.0. The van der Waals surface area contributed by atoms with Crippen molar-refractivity contribution in [3.05, 3.63) is 39.3 Å². The van der Waals surface area contributed by atoms with Gasteiger partial charge in [-0.1, -0.05) is 0 Å². The Morgan fingerprint density at radius 1 is 1.30 bits per heavy atom. The number of carbonyl (C=O) groups is 2. The van der Waals surface area contributed by atoms with Crippen molar-refractivity contribution in [2.75, 3.05) is 20.3 Å². The summed E-state index contributed by atoms with van der Waals surface area (Å²) in [5.41, 5.74) is 2.24. The van der Waals surface area contributed by atoms with Crippen molar-refractivity contribution in [3.63, 3.8) is 0 Å². The standard InChI is InChI=1S/C20H26N2O6S2/c1-13-11-16(14(2)22(13)8-4-9-27-3)17(23)12-28-20(24)19-18(7-10-29-19)30(25,26)21-15-5-6-15/h7,10-11,15,21H,4-6,8-9,12H2,1-3H3. The molecule has 0 aromatic carbocycles. The van der Waals surface area contributed by atoms with Crippen LogP contribution in [-0.4, -0.2) is 51.1 Å². The van der Waals surface area contributed by atoms with Gasteiger partial charge in [0, 0.05) is 43.3 Å². The van der Waals surface area contributed by atoms with Gasteiger partial charge in [-0.3, -0.25) is 4.79 Å². The number of nitrogens with one attached hydrogen (secondary N) is 1. The molecular formula is C20H26N2O6S2. The van der Waals surface area contributed by atoms with Crippen LogP contribution in [0.1, 0.15) is 50.7 Å². The molecule has 1 aliphatic carbocycles. The van der Waals surface area contributed by atoms with Crippen LogP contribution in [0.25, 0.3) is 0 Å². The van der Waals surface area contributed by atoms with Crippen molar-refractivity contribution < 1.29 is 27.5 Å². The maximum absolute atomic E-state index is 12.6. The van der Waals surface area contributed by atoms with E-state index in [0.717, 1.165) is 48.5 Å². The van der Waals surface area contributed by atoms with Crippen molar-refractivity contribution in [2.45, 2.75) is 50.6 Å². The number of thiophene rings is 1. The molecule has 3 rings (SSSR count). The number of sulfonamides is 1. The van der Waals surface area contributed by atoms with E-state index in [9.17, 15) is 18.0 Å². The number of hydrogen-bond donors (Lipinski definition) is 1. The van der Waals surface area contributed by atoms with E-state index in [1.807, 2.05) is 18.4 Å². The van der Waals surface area contributed by atoms with Crippen molar-refractivity contribution in [3.8, 4) is 0 Å². The fraction of sp³-hybridized carbons (Fsp3) is 0.500. The molecule has 1 N–H and O–H groups in total. The Kier molecular flexibility index (Phi) is 7.12. The number of Topliss-reactive ketones (excluding diaryl/α,β-unsaturated/α-hetero) is 1. The molecule has 1 fully saturated rings. The van der Waals surface area contributed by atoms with Gasteiger partial charge in [0.1, 0.15) is 9.77 Å². The smallest absolute Gasteiger partial charge is 0.350 e. The molecule has 0 unspecified atom stereocenters. The summed E-state index contributed by atoms with van der Waals surface area (Å²) in [6, 6.07) is 3.08. The van der Waals surface area contributed by atoms with E-state index in [4.69, 9.17) is 9.47 Å².